The van der Waals surface area contributed by atoms with Crippen molar-refractivity contribution in [2.75, 3.05) is 13.2 Å². The van der Waals surface area contributed by atoms with E-state index in [2.05, 4.69) is 65.8 Å². The van der Waals surface area contributed by atoms with Crippen LogP contribution in [0.15, 0.2) is 24.3 Å². The predicted octanol–water partition coefficient (Wildman–Crippen LogP) is 4.81. The van der Waals surface area contributed by atoms with Crippen molar-refractivity contribution in [2.24, 2.45) is 0 Å². The third kappa shape index (κ3) is 5.71. The van der Waals surface area contributed by atoms with E-state index in [1.54, 1.807) is 5.19 Å². The minimum atomic E-state index is -1.09. The Morgan fingerprint density at radius 2 is 1.62 bits per heavy atom. The molecule has 0 radical (unpaired) electrons. The molecule has 1 fully saturated rings. The van der Waals surface area contributed by atoms with E-state index in [9.17, 15) is 0 Å². The van der Waals surface area contributed by atoms with Gasteiger partial charge in [0, 0.05) is 6.61 Å². The van der Waals surface area contributed by atoms with E-state index in [-0.39, 0.29) is 6.29 Å². The Balaban J connectivity index is 1.94. The zero-order valence-electron chi connectivity index (χ0n) is 16.5. The highest BCUT2D eigenvalue weighted by Crippen LogP contribution is 2.41. The van der Waals surface area contributed by atoms with E-state index in [1.807, 2.05) is 0 Å². The lowest BCUT2D eigenvalue weighted by Gasteiger charge is -2.39. The smallest absolute Gasteiger partial charge is 0.157 e. The van der Waals surface area contributed by atoms with Gasteiger partial charge in [-0.2, -0.15) is 0 Å². The number of ether oxygens (including phenoxy) is 2. The Labute approximate surface area is 150 Å². The Morgan fingerprint density at radius 1 is 1.00 bits per heavy atom. The summed E-state index contributed by atoms with van der Waals surface area (Å²) in [6.07, 6.45) is 4.44. The summed E-state index contributed by atoms with van der Waals surface area (Å²) in [4.78, 5) is 0. The second-order valence-electron chi connectivity index (χ2n) is 9.32. The molecule has 24 heavy (non-hydrogen) atoms. The maximum atomic E-state index is 5.86. The molecule has 1 aromatic rings. The van der Waals surface area contributed by atoms with Crippen molar-refractivity contribution < 1.29 is 9.47 Å². The first kappa shape index (κ1) is 19.7. The van der Waals surface area contributed by atoms with Crippen LogP contribution in [0, 0.1) is 0 Å². The molecule has 1 aliphatic rings. The summed E-state index contributed by atoms with van der Waals surface area (Å²) < 4.78 is 11.5. The van der Waals surface area contributed by atoms with Crippen LogP contribution in [0.4, 0.5) is 0 Å². The van der Waals surface area contributed by atoms with E-state index >= 15 is 0 Å². The van der Waals surface area contributed by atoms with Gasteiger partial charge >= 0.3 is 0 Å². The number of hydrogen-bond acceptors (Lipinski definition) is 2. The van der Waals surface area contributed by atoms with Crippen LogP contribution in [-0.4, -0.2) is 28.3 Å². The summed E-state index contributed by atoms with van der Waals surface area (Å²) in [6.45, 7) is 16.0. The van der Waals surface area contributed by atoms with Gasteiger partial charge in [0.25, 0.3) is 0 Å². The summed E-state index contributed by atoms with van der Waals surface area (Å²) in [6, 6.07) is 9.36. The highest BCUT2D eigenvalue weighted by Gasteiger charge is 2.37. The van der Waals surface area contributed by atoms with E-state index in [4.69, 9.17) is 9.47 Å². The van der Waals surface area contributed by atoms with Gasteiger partial charge in [-0.15, -0.1) is 0 Å². The van der Waals surface area contributed by atoms with Crippen molar-refractivity contribution in [3.05, 3.63) is 29.8 Å². The van der Waals surface area contributed by atoms with Crippen LogP contribution in [0.1, 0.15) is 66.4 Å². The van der Waals surface area contributed by atoms with Crippen molar-refractivity contribution in [3.8, 4) is 0 Å². The van der Waals surface area contributed by atoms with Crippen LogP contribution in [0.3, 0.4) is 0 Å². The Hall–Kier alpha value is -0.643. The van der Waals surface area contributed by atoms with Gasteiger partial charge in [-0.3, -0.25) is 0 Å². The molecule has 2 rings (SSSR count). The zero-order chi connectivity index (χ0) is 17.8. The molecule has 0 amide bonds. The molecule has 1 saturated heterocycles. The summed E-state index contributed by atoms with van der Waals surface area (Å²) >= 11 is 0. The molecule has 2 nitrogen and oxygen atoms in total. The summed E-state index contributed by atoms with van der Waals surface area (Å²) in [7, 11) is -1.09. The molecule has 0 N–H and O–H groups in total. The van der Waals surface area contributed by atoms with Crippen LogP contribution in [0.2, 0.25) is 10.1 Å². The Morgan fingerprint density at radius 3 is 2.12 bits per heavy atom. The fraction of sp³-hybridized carbons (Fsp3) is 0.714. The molecule has 1 unspecified atom stereocenters. The maximum Gasteiger partial charge on any atom is 0.157 e. The first-order valence-corrected chi connectivity index (χ1v) is 11.2. The SMILES string of the molecule is CC(C)(C)[SiH](c1ccc(CCOC2CCCCO2)cc1)C(C)(C)C. The molecule has 0 spiro atoms. The van der Waals surface area contributed by atoms with Crippen molar-refractivity contribution in [1.82, 2.24) is 0 Å². The van der Waals surface area contributed by atoms with Gasteiger partial charge in [0.2, 0.25) is 0 Å². The summed E-state index contributed by atoms with van der Waals surface area (Å²) in [5.41, 5.74) is 1.37. The molecule has 1 atom stereocenters. The molecular weight excluding hydrogens is 312 g/mol. The second-order valence-corrected chi connectivity index (χ2v) is 14.3. The van der Waals surface area contributed by atoms with E-state index < -0.39 is 8.80 Å². The molecule has 0 bridgehead atoms. The van der Waals surface area contributed by atoms with Crippen LogP contribution in [-0.2, 0) is 15.9 Å². The predicted molar refractivity (Wildman–Crippen MR) is 106 cm³/mol. The van der Waals surface area contributed by atoms with E-state index in [1.165, 1.54) is 18.4 Å². The molecule has 0 saturated carbocycles. The molecular formula is C21H36O2Si. The summed E-state index contributed by atoms with van der Waals surface area (Å²) in [5.74, 6) is 0. The first-order chi connectivity index (χ1) is 11.2. The second kappa shape index (κ2) is 8.16. The van der Waals surface area contributed by atoms with Gasteiger partial charge in [-0.05, 0) is 41.3 Å². The molecule has 136 valence electrons. The van der Waals surface area contributed by atoms with Crippen LogP contribution in [0.5, 0.6) is 0 Å². The Bertz CT molecular complexity index is 476. The number of benzene rings is 1. The molecule has 1 aliphatic heterocycles. The molecule has 0 aromatic heterocycles. The normalized spacial score (nSPS) is 19.7. The van der Waals surface area contributed by atoms with Gasteiger partial charge in [-0.25, -0.2) is 0 Å². The van der Waals surface area contributed by atoms with Crippen LogP contribution in [0.25, 0.3) is 0 Å². The minimum absolute atomic E-state index is 0.0246. The quantitative estimate of drug-likeness (QED) is 0.711. The topological polar surface area (TPSA) is 18.5 Å². The van der Waals surface area contributed by atoms with Crippen LogP contribution >= 0.6 is 0 Å². The lowest BCUT2D eigenvalue weighted by atomic mass is 10.1. The third-order valence-corrected chi connectivity index (χ3v) is 9.39. The average molecular weight is 349 g/mol. The van der Waals surface area contributed by atoms with Crippen LogP contribution < -0.4 is 5.19 Å². The van der Waals surface area contributed by atoms with E-state index in [0.717, 1.165) is 26.1 Å². The van der Waals surface area contributed by atoms with Crippen molar-refractivity contribution in [1.29, 1.82) is 0 Å². The monoisotopic (exact) mass is 348 g/mol. The average Bonchev–Trinajstić information content (AvgIpc) is 2.47. The molecule has 0 aliphatic carbocycles. The highest BCUT2D eigenvalue weighted by atomic mass is 28.3. The van der Waals surface area contributed by atoms with Gasteiger partial charge in [0.15, 0.2) is 6.29 Å². The summed E-state index contributed by atoms with van der Waals surface area (Å²) in [5, 5.41) is 2.36. The maximum absolute atomic E-state index is 5.86. The zero-order valence-corrected chi connectivity index (χ0v) is 17.7. The molecule has 1 heterocycles. The van der Waals surface area contributed by atoms with Gasteiger partial charge in [-0.1, -0.05) is 71.0 Å². The van der Waals surface area contributed by atoms with Gasteiger partial charge in [0.05, 0.1) is 15.4 Å². The van der Waals surface area contributed by atoms with Gasteiger partial charge < -0.3 is 9.47 Å². The number of hydrogen-bond donors (Lipinski definition) is 0. The third-order valence-electron chi connectivity index (χ3n) is 4.88. The largest absolute Gasteiger partial charge is 0.353 e. The fourth-order valence-electron chi connectivity index (χ4n) is 4.33. The van der Waals surface area contributed by atoms with E-state index in [0.29, 0.717) is 10.1 Å². The minimum Gasteiger partial charge on any atom is -0.353 e. The lowest BCUT2D eigenvalue weighted by molar-refractivity contribution is -0.161. The highest BCUT2D eigenvalue weighted by molar-refractivity contribution is 6.78. The van der Waals surface area contributed by atoms with Gasteiger partial charge in [0.1, 0.15) is 0 Å². The fourth-order valence-corrected chi connectivity index (χ4v) is 9.50. The standard InChI is InChI=1S/C21H36O2Si/c1-20(2,3)24(21(4,5)6)18-12-10-17(11-13-18)14-16-23-19-9-7-8-15-22-19/h10-13,19,24H,7-9,14-16H2,1-6H3. The number of rotatable bonds is 5. The van der Waals surface area contributed by atoms with Crippen molar-refractivity contribution in [3.63, 3.8) is 0 Å². The van der Waals surface area contributed by atoms with Crippen molar-refractivity contribution in [2.45, 2.75) is 83.6 Å². The Kier molecular flexibility index (Phi) is 6.69. The molecule has 1 aromatic carbocycles. The molecule has 3 heteroatoms. The van der Waals surface area contributed by atoms with Crippen molar-refractivity contribution >= 4 is 14.0 Å². The first-order valence-electron chi connectivity index (χ1n) is 9.50. The lowest BCUT2D eigenvalue weighted by Crippen LogP contribution is -2.45.